The molecule has 7 nitrogen and oxygen atoms in total. The van der Waals surface area contributed by atoms with Crippen LogP contribution in [0.4, 0.5) is 4.79 Å². The number of amides is 3. The summed E-state index contributed by atoms with van der Waals surface area (Å²) in [6.07, 6.45) is 10.9. The van der Waals surface area contributed by atoms with Crippen LogP contribution in [0.3, 0.4) is 0 Å². The number of rotatable bonds is 5. The Kier molecular flexibility index (Phi) is 6.31. The molecule has 0 aromatic carbocycles. The quantitative estimate of drug-likeness (QED) is 0.512. The van der Waals surface area contributed by atoms with Crippen LogP contribution in [-0.4, -0.2) is 43.4 Å². The summed E-state index contributed by atoms with van der Waals surface area (Å²) in [5.74, 6) is 0.417. The SMILES string of the molecule is O=C(CNC(=O)NCC1CCCCC1)NC1NC2CCCCC2N1. The molecule has 0 spiro atoms. The molecular formula is C17H31N5O2. The molecule has 0 aromatic rings. The van der Waals surface area contributed by atoms with Gasteiger partial charge in [-0.15, -0.1) is 0 Å². The van der Waals surface area contributed by atoms with Crippen molar-refractivity contribution in [1.29, 1.82) is 0 Å². The highest BCUT2D eigenvalue weighted by molar-refractivity contribution is 5.84. The molecule has 2 aliphatic carbocycles. The van der Waals surface area contributed by atoms with Gasteiger partial charge in [-0.3, -0.25) is 15.4 Å². The summed E-state index contributed by atoms with van der Waals surface area (Å²) in [5, 5.41) is 15.2. The lowest BCUT2D eigenvalue weighted by Gasteiger charge is -2.23. The zero-order valence-electron chi connectivity index (χ0n) is 14.4. The second kappa shape index (κ2) is 8.67. The van der Waals surface area contributed by atoms with Crippen LogP contribution in [0, 0.1) is 5.92 Å². The molecule has 7 heteroatoms. The van der Waals surface area contributed by atoms with Crippen molar-refractivity contribution in [2.24, 2.45) is 5.92 Å². The number of carbonyl (C=O) groups is 2. The van der Waals surface area contributed by atoms with Crippen LogP contribution in [-0.2, 0) is 4.79 Å². The lowest BCUT2D eigenvalue weighted by atomic mass is 9.89. The van der Waals surface area contributed by atoms with Gasteiger partial charge in [0.15, 0.2) is 0 Å². The third kappa shape index (κ3) is 5.08. The van der Waals surface area contributed by atoms with E-state index in [4.69, 9.17) is 0 Å². The summed E-state index contributed by atoms with van der Waals surface area (Å²) in [6, 6.07) is 0.656. The van der Waals surface area contributed by atoms with Gasteiger partial charge in [-0.1, -0.05) is 32.1 Å². The predicted octanol–water partition coefficient (Wildman–Crippen LogP) is 0.770. The molecule has 0 radical (unpaired) electrons. The van der Waals surface area contributed by atoms with E-state index in [2.05, 4.69) is 26.6 Å². The molecule has 1 saturated heterocycles. The summed E-state index contributed by atoms with van der Waals surface area (Å²) in [7, 11) is 0. The van der Waals surface area contributed by atoms with Crippen LogP contribution in [0.15, 0.2) is 0 Å². The van der Waals surface area contributed by atoms with E-state index in [-0.39, 0.29) is 24.8 Å². The van der Waals surface area contributed by atoms with E-state index in [9.17, 15) is 9.59 Å². The molecule has 2 saturated carbocycles. The van der Waals surface area contributed by atoms with Gasteiger partial charge in [-0.05, 0) is 31.6 Å². The highest BCUT2D eigenvalue weighted by Gasteiger charge is 2.34. The standard InChI is InChI=1S/C17H31N5O2/c23-15(22-16-20-13-8-4-5-9-14(13)21-16)11-19-17(24)18-10-12-6-2-1-3-7-12/h12-14,16,20-21H,1-11H2,(H,22,23)(H2,18,19,24). The van der Waals surface area contributed by atoms with Crippen molar-refractivity contribution in [3.8, 4) is 0 Å². The largest absolute Gasteiger partial charge is 0.338 e. The summed E-state index contributed by atoms with van der Waals surface area (Å²) < 4.78 is 0. The summed E-state index contributed by atoms with van der Waals surface area (Å²) in [5.41, 5.74) is 0. The lowest BCUT2D eigenvalue weighted by Crippen LogP contribution is -2.52. The van der Waals surface area contributed by atoms with Crippen molar-refractivity contribution in [1.82, 2.24) is 26.6 Å². The average molecular weight is 337 g/mol. The summed E-state index contributed by atoms with van der Waals surface area (Å²) >= 11 is 0. The molecule has 0 bridgehead atoms. The third-order valence-electron chi connectivity index (χ3n) is 5.52. The topological polar surface area (TPSA) is 94.3 Å². The number of hydrogen-bond donors (Lipinski definition) is 5. The summed E-state index contributed by atoms with van der Waals surface area (Å²) in [6.45, 7) is 0.717. The van der Waals surface area contributed by atoms with Gasteiger partial charge in [0, 0.05) is 18.6 Å². The highest BCUT2D eigenvalue weighted by Crippen LogP contribution is 2.23. The fourth-order valence-corrected chi connectivity index (χ4v) is 4.15. The van der Waals surface area contributed by atoms with Crippen molar-refractivity contribution >= 4 is 11.9 Å². The first kappa shape index (κ1) is 17.5. The molecule has 1 aliphatic heterocycles. The van der Waals surface area contributed by atoms with E-state index < -0.39 is 0 Å². The maximum Gasteiger partial charge on any atom is 0.315 e. The van der Waals surface area contributed by atoms with E-state index in [1.165, 1.54) is 44.9 Å². The minimum atomic E-state index is -0.253. The zero-order valence-corrected chi connectivity index (χ0v) is 14.4. The Bertz CT molecular complexity index is 425. The van der Waals surface area contributed by atoms with Gasteiger partial charge in [0.1, 0.15) is 6.29 Å². The fraction of sp³-hybridized carbons (Fsp3) is 0.882. The Morgan fingerprint density at radius 2 is 1.46 bits per heavy atom. The first-order valence-corrected chi connectivity index (χ1v) is 9.54. The zero-order chi connectivity index (χ0) is 16.8. The molecule has 3 fully saturated rings. The van der Waals surface area contributed by atoms with Crippen molar-refractivity contribution in [3.05, 3.63) is 0 Å². The number of nitrogens with one attached hydrogen (secondary N) is 5. The van der Waals surface area contributed by atoms with Gasteiger partial charge in [0.05, 0.1) is 6.54 Å². The van der Waals surface area contributed by atoms with Gasteiger partial charge >= 0.3 is 6.03 Å². The van der Waals surface area contributed by atoms with Gasteiger partial charge in [-0.2, -0.15) is 0 Å². The van der Waals surface area contributed by atoms with Gasteiger partial charge < -0.3 is 16.0 Å². The van der Waals surface area contributed by atoms with Gasteiger partial charge in [0.25, 0.3) is 0 Å². The third-order valence-corrected chi connectivity index (χ3v) is 5.52. The monoisotopic (exact) mass is 337 g/mol. The first-order valence-electron chi connectivity index (χ1n) is 9.54. The first-order chi connectivity index (χ1) is 11.7. The molecule has 2 unspecified atom stereocenters. The van der Waals surface area contributed by atoms with E-state index in [1.807, 2.05) is 0 Å². The van der Waals surface area contributed by atoms with Crippen molar-refractivity contribution < 1.29 is 9.59 Å². The van der Waals surface area contributed by atoms with Gasteiger partial charge in [-0.25, -0.2) is 4.79 Å². The van der Waals surface area contributed by atoms with Crippen molar-refractivity contribution in [3.63, 3.8) is 0 Å². The highest BCUT2D eigenvalue weighted by atomic mass is 16.2. The number of carbonyl (C=O) groups excluding carboxylic acids is 2. The van der Waals surface area contributed by atoms with Gasteiger partial charge in [0.2, 0.25) is 5.91 Å². The smallest absolute Gasteiger partial charge is 0.315 e. The molecule has 5 N–H and O–H groups in total. The van der Waals surface area contributed by atoms with Crippen LogP contribution in [0.1, 0.15) is 57.8 Å². The van der Waals surface area contributed by atoms with E-state index in [1.54, 1.807) is 0 Å². The molecule has 3 aliphatic rings. The molecule has 0 aromatic heterocycles. The van der Waals surface area contributed by atoms with Crippen LogP contribution in [0.2, 0.25) is 0 Å². The molecule has 3 amide bonds. The van der Waals surface area contributed by atoms with Crippen molar-refractivity contribution in [2.75, 3.05) is 13.1 Å². The molecule has 136 valence electrons. The fourth-order valence-electron chi connectivity index (χ4n) is 4.15. The Hall–Kier alpha value is -1.34. The Labute approximate surface area is 144 Å². The molecular weight excluding hydrogens is 306 g/mol. The molecule has 1 heterocycles. The Balaban J connectivity index is 1.28. The van der Waals surface area contributed by atoms with E-state index >= 15 is 0 Å². The summed E-state index contributed by atoms with van der Waals surface area (Å²) in [4.78, 5) is 23.8. The average Bonchev–Trinajstić information content (AvgIpc) is 3.01. The molecule has 3 rings (SSSR count). The minimum Gasteiger partial charge on any atom is -0.338 e. The van der Waals surface area contributed by atoms with E-state index in [0.29, 0.717) is 24.5 Å². The Morgan fingerprint density at radius 3 is 2.12 bits per heavy atom. The number of fused-ring (bicyclic) bond motifs is 1. The van der Waals surface area contributed by atoms with E-state index in [0.717, 1.165) is 12.8 Å². The van der Waals surface area contributed by atoms with Crippen molar-refractivity contribution in [2.45, 2.75) is 76.2 Å². The predicted molar refractivity (Wildman–Crippen MR) is 92.2 cm³/mol. The second-order valence-corrected chi connectivity index (χ2v) is 7.40. The van der Waals surface area contributed by atoms with Crippen LogP contribution < -0.4 is 26.6 Å². The Morgan fingerprint density at radius 1 is 0.833 bits per heavy atom. The van der Waals surface area contributed by atoms with Crippen LogP contribution in [0.25, 0.3) is 0 Å². The maximum atomic E-state index is 12.0. The lowest BCUT2D eigenvalue weighted by molar-refractivity contribution is -0.121. The maximum absolute atomic E-state index is 12.0. The van der Waals surface area contributed by atoms with Crippen LogP contribution >= 0.6 is 0 Å². The normalized spacial score (nSPS) is 30.4. The second-order valence-electron chi connectivity index (χ2n) is 7.40. The molecule has 24 heavy (non-hydrogen) atoms. The van der Waals surface area contributed by atoms with Crippen LogP contribution in [0.5, 0.6) is 0 Å². The minimum absolute atomic E-state index is 0.00565. The number of hydrogen-bond acceptors (Lipinski definition) is 4. The number of urea groups is 1. The molecule has 2 atom stereocenters.